The Balaban J connectivity index is 2.26. The molecule has 5 heteroatoms. The molecule has 0 atom stereocenters. The maximum atomic E-state index is 8.86. The van der Waals surface area contributed by atoms with Crippen molar-refractivity contribution in [3.05, 3.63) is 0 Å². The molecular weight excluding hydrogens is 159 g/mol. The monoisotopic (exact) mass is 172 g/mol. The zero-order chi connectivity index (χ0) is 8.10. The Morgan fingerprint density at radius 2 is 2.18 bits per heavy atom. The third-order valence-corrected chi connectivity index (χ3v) is 2.47. The van der Waals surface area contributed by atoms with Gasteiger partial charge >= 0.3 is 7.05 Å². The first-order valence-corrected chi connectivity index (χ1v) is 5.01. The second kappa shape index (κ2) is 4.67. The molecule has 0 aromatic rings. The van der Waals surface area contributed by atoms with E-state index in [1.807, 2.05) is 11.8 Å². The van der Waals surface area contributed by atoms with E-state index in [0.29, 0.717) is 0 Å². The minimum Gasteiger partial charge on any atom is -0.432 e. The van der Waals surface area contributed by atoms with Crippen LogP contribution in [0.2, 0.25) is 6.82 Å². The standard InChI is InChI=1S/C6H13BN2OS/c1-7(10)9-8-6-2-4-11-5-3-6/h9-10H,2-5H2,1H3. The first-order chi connectivity index (χ1) is 5.29. The van der Waals surface area contributed by atoms with Crippen LogP contribution in [-0.4, -0.2) is 29.3 Å². The molecule has 0 spiro atoms. The highest BCUT2D eigenvalue weighted by Crippen LogP contribution is 2.13. The Labute approximate surface area is 71.8 Å². The van der Waals surface area contributed by atoms with Crippen molar-refractivity contribution in [2.75, 3.05) is 11.5 Å². The molecule has 2 N–H and O–H groups in total. The normalized spacial score (nSPS) is 17.8. The maximum Gasteiger partial charge on any atom is 0.423 e. The Hall–Kier alpha value is -0.155. The number of nitrogens with zero attached hydrogens (tertiary/aromatic N) is 1. The first-order valence-electron chi connectivity index (χ1n) is 3.86. The number of rotatable bonds is 2. The minimum atomic E-state index is -0.530. The summed E-state index contributed by atoms with van der Waals surface area (Å²) >= 11 is 1.96. The van der Waals surface area contributed by atoms with Gasteiger partial charge in [0, 0.05) is 5.71 Å². The Kier molecular flexibility index (Phi) is 3.79. The van der Waals surface area contributed by atoms with E-state index in [-0.39, 0.29) is 0 Å². The zero-order valence-corrected chi connectivity index (χ0v) is 7.52. The molecule has 11 heavy (non-hydrogen) atoms. The van der Waals surface area contributed by atoms with Crippen LogP contribution in [0, 0.1) is 0 Å². The van der Waals surface area contributed by atoms with Gasteiger partial charge < -0.3 is 10.4 Å². The fourth-order valence-electron chi connectivity index (χ4n) is 0.904. The fourth-order valence-corrected chi connectivity index (χ4v) is 1.87. The largest absolute Gasteiger partial charge is 0.432 e. The van der Waals surface area contributed by atoms with Crippen molar-refractivity contribution in [2.24, 2.45) is 5.10 Å². The van der Waals surface area contributed by atoms with Gasteiger partial charge in [0.1, 0.15) is 0 Å². The molecule has 0 bridgehead atoms. The van der Waals surface area contributed by atoms with E-state index >= 15 is 0 Å². The van der Waals surface area contributed by atoms with Crippen LogP contribution in [0.4, 0.5) is 0 Å². The molecule has 1 heterocycles. The molecule has 0 aromatic carbocycles. The minimum absolute atomic E-state index is 0.530. The number of nitrogens with one attached hydrogen (secondary N) is 1. The van der Waals surface area contributed by atoms with E-state index in [2.05, 4.69) is 10.4 Å². The third kappa shape index (κ3) is 3.67. The van der Waals surface area contributed by atoms with Gasteiger partial charge in [-0.3, -0.25) is 0 Å². The lowest BCUT2D eigenvalue weighted by atomic mass is 9.91. The Morgan fingerprint density at radius 3 is 2.73 bits per heavy atom. The molecular formula is C6H13BN2OS. The number of hydrogen-bond donors (Lipinski definition) is 2. The lowest BCUT2D eigenvalue weighted by Gasteiger charge is -2.12. The summed E-state index contributed by atoms with van der Waals surface area (Å²) in [5.41, 5.74) is 1.18. The molecule has 0 unspecified atom stereocenters. The van der Waals surface area contributed by atoms with Crippen LogP contribution >= 0.6 is 11.8 Å². The van der Waals surface area contributed by atoms with Gasteiger partial charge in [0.05, 0.1) is 0 Å². The van der Waals surface area contributed by atoms with Gasteiger partial charge in [0.25, 0.3) is 0 Å². The van der Waals surface area contributed by atoms with Crippen molar-refractivity contribution in [2.45, 2.75) is 19.7 Å². The van der Waals surface area contributed by atoms with Crippen LogP contribution in [0.1, 0.15) is 12.8 Å². The number of thioether (sulfide) groups is 1. The average Bonchev–Trinajstić information content (AvgIpc) is 2.03. The van der Waals surface area contributed by atoms with Gasteiger partial charge in [-0.1, -0.05) is 0 Å². The summed E-state index contributed by atoms with van der Waals surface area (Å²) in [6.45, 7) is 1.67. The second-order valence-corrected chi connectivity index (χ2v) is 3.82. The highest BCUT2D eigenvalue weighted by atomic mass is 32.2. The molecule has 1 saturated heterocycles. The average molecular weight is 172 g/mol. The summed E-state index contributed by atoms with van der Waals surface area (Å²) in [5, 5.41) is 15.6. The summed E-state index contributed by atoms with van der Waals surface area (Å²) in [4.78, 5) is 0. The van der Waals surface area contributed by atoms with Crippen LogP contribution in [0.5, 0.6) is 0 Å². The highest BCUT2D eigenvalue weighted by molar-refractivity contribution is 7.99. The zero-order valence-electron chi connectivity index (χ0n) is 6.71. The van der Waals surface area contributed by atoms with Crippen molar-refractivity contribution in [1.82, 2.24) is 5.34 Å². The van der Waals surface area contributed by atoms with Crippen molar-refractivity contribution in [3.8, 4) is 0 Å². The molecule has 0 amide bonds. The van der Waals surface area contributed by atoms with E-state index in [9.17, 15) is 0 Å². The maximum absolute atomic E-state index is 8.86. The van der Waals surface area contributed by atoms with Crippen LogP contribution in [0.3, 0.4) is 0 Å². The van der Waals surface area contributed by atoms with Crippen molar-refractivity contribution in [1.29, 1.82) is 0 Å². The molecule has 0 aromatic heterocycles. The Morgan fingerprint density at radius 1 is 1.55 bits per heavy atom. The van der Waals surface area contributed by atoms with Gasteiger partial charge in [0.2, 0.25) is 0 Å². The van der Waals surface area contributed by atoms with Crippen LogP contribution in [0.25, 0.3) is 0 Å². The van der Waals surface area contributed by atoms with E-state index in [0.717, 1.165) is 12.8 Å². The quantitative estimate of drug-likeness (QED) is 0.472. The first kappa shape index (κ1) is 8.94. The molecule has 1 rings (SSSR count). The summed E-state index contributed by atoms with van der Waals surface area (Å²) < 4.78 is 0. The van der Waals surface area contributed by atoms with Crippen LogP contribution in [0.15, 0.2) is 5.10 Å². The summed E-state index contributed by atoms with van der Waals surface area (Å²) in [7, 11) is -0.530. The van der Waals surface area contributed by atoms with Crippen molar-refractivity contribution >= 4 is 24.5 Å². The molecule has 62 valence electrons. The van der Waals surface area contributed by atoms with Gasteiger partial charge in [-0.15, -0.1) is 0 Å². The van der Waals surface area contributed by atoms with Gasteiger partial charge in [-0.25, -0.2) is 5.10 Å². The summed E-state index contributed by atoms with van der Waals surface area (Å²) in [5.74, 6) is 2.33. The molecule has 0 aliphatic carbocycles. The third-order valence-electron chi connectivity index (χ3n) is 1.48. The van der Waals surface area contributed by atoms with Gasteiger partial charge in [0.15, 0.2) is 0 Å². The van der Waals surface area contributed by atoms with Crippen molar-refractivity contribution in [3.63, 3.8) is 0 Å². The van der Waals surface area contributed by atoms with E-state index in [4.69, 9.17) is 5.02 Å². The predicted molar refractivity (Wildman–Crippen MR) is 51.0 cm³/mol. The molecule has 1 fully saturated rings. The number of hydrazone groups is 1. The molecule has 3 nitrogen and oxygen atoms in total. The van der Waals surface area contributed by atoms with Gasteiger partial charge in [-0.2, -0.15) is 11.8 Å². The van der Waals surface area contributed by atoms with Crippen LogP contribution in [-0.2, 0) is 0 Å². The van der Waals surface area contributed by atoms with Crippen LogP contribution < -0.4 is 5.34 Å². The number of hydrogen-bond acceptors (Lipinski definition) is 4. The molecule has 1 aliphatic rings. The SMILES string of the molecule is CB(O)NN=C1CCSCC1. The molecule has 0 radical (unpaired) electrons. The van der Waals surface area contributed by atoms with Crippen molar-refractivity contribution < 1.29 is 5.02 Å². The topological polar surface area (TPSA) is 44.6 Å². The highest BCUT2D eigenvalue weighted by Gasteiger charge is 2.07. The van der Waals surface area contributed by atoms with E-state index < -0.39 is 7.05 Å². The Bertz CT molecular complexity index is 144. The molecule has 0 saturated carbocycles. The smallest absolute Gasteiger partial charge is 0.423 e. The fraction of sp³-hybridized carbons (Fsp3) is 0.833. The van der Waals surface area contributed by atoms with E-state index in [1.165, 1.54) is 17.2 Å². The lowest BCUT2D eigenvalue weighted by Crippen LogP contribution is -2.27. The van der Waals surface area contributed by atoms with Gasteiger partial charge in [-0.05, 0) is 31.2 Å². The van der Waals surface area contributed by atoms with E-state index in [1.54, 1.807) is 6.82 Å². The lowest BCUT2D eigenvalue weighted by molar-refractivity contribution is 0.558. The predicted octanol–water partition coefficient (Wildman–Crippen LogP) is 0.569. The summed E-state index contributed by atoms with van der Waals surface area (Å²) in [6.07, 6.45) is 2.12. The summed E-state index contributed by atoms with van der Waals surface area (Å²) in [6, 6.07) is 0. The molecule has 1 aliphatic heterocycles. The second-order valence-electron chi connectivity index (χ2n) is 2.60.